The highest BCUT2D eigenvalue weighted by atomic mass is 16.2. The highest BCUT2D eigenvalue weighted by Crippen LogP contribution is 2.17. The van der Waals surface area contributed by atoms with Crippen LogP contribution < -0.4 is 15.9 Å². The maximum absolute atomic E-state index is 12.8. The molecule has 146 valence electrons. The molecule has 0 unspecified atom stereocenters. The quantitative estimate of drug-likeness (QED) is 0.754. The van der Waals surface area contributed by atoms with Gasteiger partial charge in [0.2, 0.25) is 5.95 Å². The predicted molar refractivity (Wildman–Crippen MR) is 104 cm³/mol. The van der Waals surface area contributed by atoms with E-state index in [1.807, 2.05) is 18.7 Å². The number of amides is 1. The molecule has 1 aromatic heterocycles. The van der Waals surface area contributed by atoms with E-state index in [-0.39, 0.29) is 6.04 Å². The van der Waals surface area contributed by atoms with E-state index in [9.17, 15) is 9.59 Å². The number of carbonyl (C=O) groups excluding carboxylic acids is 1. The van der Waals surface area contributed by atoms with Gasteiger partial charge in [-0.15, -0.1) is 14.5 Å². The first-order chi connectivity index (χ1) is 12.5. The Morgan fingerprint density at radius 1 is 1.19 bits per heavy atom. The first-order valence-electron chi connectivity index (χ1n) is 9.78. The van der Waals surface area contributed by atoms with Crippen LogP contribution in [-0.2, 0) is 0 Å². The molecule has 1 N–H and O–H groups in total. The molecule has 26 heavy (non-hydrogen) atoms. The zero-order valence-corrected chi connectivity index (χ0v) is 16.5. The molecule has 8 nitrogen and oxygen atoms in total. The molecule has 0 atom stereocenters. The van der Waals surface area contributed by atoms with Crippen LogP contribution in [0.1, 0.15) is 72.6 Å². The summed E-state index contributed by atoms with van der Waals surface area (Å²) in [6, 6.07) is -0.339. The van der Waals surface area contributed by atoms with Gasteiger partial charge in [0.1, 0.15) is 0 Å². The Labute approximate surface area is 155 Å². The smallest absolute Gasteiger partial charge is 0.339 e. The van der Waals surface area contributed by atoms with E-state index in [2.05, 4.69) is 29.4 Å². The van der Waals surface area contributed by atoms with E-state index in [1.165, 1.54) is 11.1 Å². The van der Waals surface area contributed by atoms with E-state index in [0.717, 1.165) is 62.0 Å². The lowest BCUT2D eigenvalue weighted by molar-refractivity contribution is 0.230. The zero-order valence-electron chi connectivity index (χ0n) is 16.5. The second kappa shape index (κ2) is 9.54. The minimum atomic E-state index is -0.522. The fraction of sp³-hybridized carbons (Fsp3) is 0.778. The first kappa shape index (κ1) is 20.2. The van der Waals surface area contributed by atoms with Gasteiger partial charge in [-0.3, -0.25) is 0 Å². The lowest BCUT2D eigenvalue weighted by Gasteiger charge is -2.22. The number of nitrogens with one attached hydrogen (secondary N) is 1. The molecule has 2 rings (SSSR count). The van der Waals surface area contributed by atoms with Gasteiger partial charge in [0, 0.05) is 24.8 Å². The van der Waals surface area contributed by atoms with Crippen LogP contribution in [0.3, 0.4) is 0 Å². The van der Waals surface area contributed by atoms with Gasteiger partial charge in [-0.1, -0.05) is 33.1 Å². The van der Waals surface area contributed by atoms with Crippen LogP contribution >= 0.6 is 0 Å². The molecule has 1 fully saturated rings. The Morgan fingerprint density at radius 3 is 2.35 bits per heavy atom. The summed E-state index contributed by atoms with van der Waals surface area (Å²) in [5.41, 5.74) is 0.209. The lowest BCUT2D eigenvalue weighted by Crippen LogP contribution is -2.43. The van der Waals surface area contributed by atoms with E-state index in [1.54, 1.807) is 0 Å². The average molecular weight is 364 g/mol. The second-order valence-electron chi connectivity index (χ2n) is 7.12. The van der Waals surface area contributed by atoms with E-state index >= 15 is 0 Å². The van der Waals surface area contributed by atoms with Crippen molar-refractivity contribution in [1.29, 1.82) is 0 Å². The highest BCUT2D eigenvalue weighted by molar-refractivity contribution is 5.79. The predicted octanol–water partition coefficient (Wildman–Crippen LogP) is 2.81. The molecule has 0 radical (unpaired) electrons. The molecule has 0 aromatic carbocycles. The van der Waals surface area contributed by atoms with E-state index in [0.29, 0.717) is 5.95 Å². The highest BCUT2D eigenvalue weighted by Gasteiger charge is 2.24. The Bertz CT molecular complexity index is 674. The Hall–Kier alpha value is -2.12. The minimum Gasteiger partial charge on any atom is -0.339 e. The van der Waals surface area contributed by atoms with Crippen LogP contribution in [0.4, 0.5) is 10.7 Å². The van der Waals surface area contributed by atoms with Crippen LogP contribution in [0, 0.1) is 0 Å². The van der Waals surface area contributed by atoms with Gasteiger partial charge in [-0.05, 0) is 39.5 Å². The molecule has 1 aromatic rings. The van der Waals surface area contributed by atoms with Gasteiger partial charge in [-0.25, -0.2) is 9.59 Å². The van der Waals surface area contributed by atoms with Gasteiger partial charge in [0.25, 0.3) is 0 Å². The van der Waals surface area contributed by atoms with Crippen molar-refractivity contribution >= 4 is 17.7 Å². The van der Waals surface area contributed by atoms with Gasteiger partial charge < -0.3 is 10.2 Å². The maximum Gasteiger partial charge on any atom is 0.377 e. The molecular formula is C18H32N6O2. The van der Waals surface area contributed by atoms with Gasteiger partial charge in [0.15, 0.2) is 0 Å². The molecule has 1 aliphatic carbocycles. The summed E-state index contributed by atoms with van der Waals surface area (Å²) < 4.78 is 2.18. The summed E-state index contributed by atoms with van der Waals surface area (Å²) in [6.07, 6.45) is 7.18. The standard InChI is InChI=1S/C18H32N6O2/c1-5-12-22(13-6-2)16-21-24(18(26)23(16)20-14(3)4)17(25)19-15-10-8-7-9-11-15/h15H,5-13H2,1-4H3,(H,19,25). The van der Waals surface area contributed by atoms with E-state index in [4.69, 9.17) is 0 Å². The van der Waals surface area contributed by atoms with Crippen molar-refractivity contribution in [2.45, 2.75) is 78.7 Å². The van der Waals surface area contributed by atoms with Crippen molar-refractivity contribution in [3.05, 3.63) is 10.5 Å². The van der Waals surface area contributed by atoms with Gasteiger partial charge in [0.05, 0.1) is 0 Å². The normalized spacial score (nSPS) is 14.9. The molecular weight excluding hydrogens is 332 g/mol. The number of nitrogens with zero attached hydrogens (tertiary/aromatic N) is 5. The van der Waals surface area contributed by atoms with E-state index < -0.39 is 11.7 Å². The van der Waals surface area contributed by atoms with Crippen LogP contribution in [0.25, 0.3) is 0 Å². The molecule has 1 heterocycles. The molecule has 1 aliphatic rings. The third-order valence-electron chi connectivity index (χ3n) is 4.44. The fourth-order valence-corrected chi connectivity index (χ4v) is 3.30. The minimum absolute atomic E-state index is 0.121. The lowest BCUT2D eigenvalue weighted by atomic mass is 9.96. The summed E-state index contributed by atoms with van der Waals surface area (Å²) in [6.45, 7) is 9.30. The number of anilines is 1. The third kappa shape index (κ3) is 4.95. The summed E-state index contributed by atoms with van der Waals surface area (Å²) in [5, 5.41) is 11.6. The third-order valence-corrected chi connectivity index (χ3v) is 4.44. The number of hydrogen-bond donors (Lipinski definition) is 1. The Kier molecular flexibility index (Phi) is 7.41. The van der Waals surface area contributed by atoms with Crippen LogP contribution in [0.5, 0.6) is 0 Å². The second-order valence-corrected chi connectivity index (χ2v) is 7.12. The SMILES string of the molecule is CCCN(CCC)c1nn(C(=O)NC2CCCCC2)c(=O)n1N=C(C)C. The number of carbonyl (C=O) groups is 1. The molecule has 0 spiro atoms. The fourth-order valence-electron chi connectivity index (χ4n) is 3.30. The van der Waals surface area contributed by atoms with Crippen molar-refractivity contribution in [1.82, 2.24) is 19.8 Å². The van der Waals surface area contributed by atoms with Crippen LogP contribution in [-0.4, -0.2) is 45.3 Å². The zero-order chi connectivity index (χ0) is 19.1. The monoisotopic (exact) mass is 364 g/mol. The number of aromatic nitrogens is 3. The summed E-state index contributed by atoms with van der Waals surface area (Å²) >= 11 is 0. The number of rotatable bonds is 7. The molecule has 1 amide bonds. The van der Waals surface area contributed by atoms with Crippen molar-refractivity contribution in [2.24, 2.45) is 5.10 Å². The van der Waals surface area contributed by atoms with Crippen molar-refractivity contribution in [2.75, 3.05) is 18.0 Å². The maximum atomic E-state index is 12.8. The number of hydrogen-bond acceptors (Lipinski definition) is 5. The molecule has 1 saturated carbocycles. The molecule has 8 heteroatoms. The van der Waals surface area contributed by atoms with Gasteiger partial charge >= 0.3 is 11.7 Å². The van der Waals surface area contributed by atoms with Crippen LogP contribution in [0.2, 0.25) is 0 Å². The average Bonchev–Trinajstić information content (AvgIpc) is 2.92. The summed E-state index contributed by atoms with van der Waals surface area (Å²) in [4.78, 5) is 27.4. The van der Waals surface area contributed by atoms with Crippen LogP contribution in [0.15, 0.2) is 9.90 Å². The van der Waals surface area contributed by atoms with Crippen molar-refractivity contribution in [3.63, 3.8) is 0 Å². The molecule has 0 aliphatic heterocycles. The Morgan fingerprint density at radius 2 is 1.81 bits per heavy atom. The van der Waals surface area contributed by atoms with Crippen molar-refractivity contribution in [3.8, 4) is 0 Å². The molecule has 0 saturated heterocycles. The molecule has 0 bridgehead atoms. The Balaban J connectivity index is 2.35. The first-order valence-corrected chi connectivity index (χ1v) is 9.78. The summed E-state index contributed by atoms with van der Waals surface area (Å²) in [7, 11) is 0. The largest absolute Gasteiger partial charge is 0.377 e. The summed E-state index contributed by atoms with van der Waals surface area (Å²) in [5.74, 6) is 0.429. The van der Waals surface area contributed by atoms with Gasteiger partial charge in [-0.2, -0.15) is 5.10 Å². The van der Waals surface area contributed by atoms with Crippen molar-refractivity contribution < 1.29 is 4.79 Å². The topological polar surface area (TPSA) is 84.5 Å².